The molecule has 0 saturated heterocycles. The van der Waals surface area contributed by atoms with Crippen LogP contribution in [0, 0.1) is 12.7 Å². The molecule has 0 aliphatic carbocycles. The topological polar surface area (TPSA) is 9.23 Å². The average molecular weight is 176 g/mol. The van der Waals surface area contributed by atoms with Crippen LogP contribution in [0.4, 0.5) is 13.2 Å². The third-order valence-corrected chi connectivity index (χ3v) is 1.35. The van der Waals surface area contributed by atoms with Crippen molar-refractivity contribution in [1.29, 1.82) is 0 Å². The smallest absolute Gasteiger partial charge is 0.387 e. The summed E-state index contributed by atoms with van der Waals surface area (Å²) in [5, 5.41) is 0. The van der Waals surface area contributed by atoms with Crippen LogP contribution in [0.25, 0.3) is 0 Å². The molecule has 1 nitrogen and oxygen atoms in total. The third kappa shape index (κ3) is 2.15. The van der Waals surface area contributed by atoms with Crippen LogP contribution >= 0.6 is 0 Å². The van der Waals surface area contributed by atoms with Crippen LogP contribution < -0.4 is 4.74 Å². The number of alkyl halides is 2. The lowest BCUT2D eigenvalue weighted by molar-refractivity contribution is -0.0503. The Kier molecular flexibility index (Phi) is 2.58. The van der Waals surface area contributed by atoms with E-state index in [0.29, 0.717) is 5.56 Å². The van der Waals surface area contributed by atoms with Crippen molar-refractivity contribution in [2.75, 3.05) is 0 Å². The van der Waals surface area contributed by atoms with E-state index in [1.807, 2.05) is 0 Å². The molecule has 0 spiro atoms. The highest BCUT2D eigenvalue weighted by Gasteiger charge is 2.06. The highest BCUT2D eigenvalue weighted by atomic mass is 19.3. The maximum atomic E-state index is 12.4. The van der Waals surface area contributed by atoms with Crippen molar-refractivity contribution in [3.05, 3.63) is 29.6 Å². The molecular formula is C8H7F3O. The number of hydrogen-bond donors (Lipinski definition) is 0. The first-order chi connectivity index (χ1) is 5.59. The molecule has 12 heavy (non-hydrogen) atoms. The van der Waals surface area contributed by atoms with Gasteiger partial charge < -0.3 is 4.74 Å². The molecule has 0 atom stereocenters. The zero-order valence-electron chi connectivity index (χ0n) is 6.35. The van der Waals surface area contributed by atoms with Crippen LogP contribution in [0.3, 0.4) is 0 Å². The second-order valence-electron chi connectivity index (χ2n) is 2.29. The van der Waals surface area contributed by atoms with E-state index in [1.165, 1.54) is 13.0 Å². The molecule has 0 bridgehead atoms. The maximum absolute atomic E-state index is 12.4. The highest BCUT2D eigenvalue weighted by Crippen LogP contribution is 2.20. The molecule has 0 N–H and O–H groups in total. The molecule has 1 aromatic carbocycles. The first-order valence-electron chi connectivity index (χ1n) is 3.30. The van der Waals surface area contributed by atoms with Crippen LogP contribution in [-0.4, -0.2) is 6.61 Å². The van der Waals surface area contributed by atoms with E-state index in [-0.39, 0.29) is 5.75 Å². The van der Waals surface area contributed by atoms with Gasteiger partial charge in [0.25, 0.3) is 0 Å². The van der Waals surface area contributed by atoms with Gasteiger partial charge in [-0.05, 0) is 30.7 Å². The van der Waals surface area contributed by atoms with Crippen molar-refractivity contribution in [3.8, 4) is 5.75 Å². The summed E-state index contributed by atoms with van der Waals surface area (Å²) in [6.45, 7) is -1.37. The van der Waals surface area contributed by atoms with Crippen LogP contribution in [0.5, 0.6) is 5.75 Å². The molecule has 0 radical (unpaired) electrons. The van der Waals surface area contributed by atoms with Gasteiger partial charge in [0.1, 0.15) is 11.6 Å². The molecule has 0 saturated carbocycles. The lowest BCUT2D eigenvalue weighted by atomic mass is 10.2. The second-order valence-corrected chi connectivity index (χ2v) is 2.29. The van der Waals surface area contributed by atoms with Crippen LogP contribution in [0.2, 0.25) is 0 Å². The SMILES string of the molecule is Cc1cc(F)ccc1OC(F)F. The zero-order valence-corrected chi connectivity index (χ0v) is 6.35. The van der Waals surface area contributed by atoms with Gasteiger partial charge in [-0.3, -0.25) is 0 Å². The van der Waals surface area contributed by atoms with Crippen molar-refractivity contribution in [3.63, 3.8) is 0 Å². The minimum atomic E-state index is -2.87. The number of ether oxygens (including phenoxy) is 1. The molecule has 0 unspecified atom stereocenters. The fourth-order valence-corrected chi connectivity index (χ4v) is 0.841. The van der Waals surface area contributed by atoms with Crippen LogP contribution in [-0.2, 0) is 0 Å². The molecule has 0 heterocycles. The molecule has 4 heteroatoms. The Balaban J connectivity index is 2.86. The minimum absolute atomic E-state index is 0.00593. The van der Waals surface area contributed by atoms with Gasteiger partial charge in [0, 0.05) is 0 Å². The Morgan fingerprint density at radius 1 is 1.33 bits per heavy atom. The Bertz CT molecular complexity index is 273. The minimum Gasteiger partial charge on any atom is -0.435 e. The Morgan fingerprint density at radius 2 is 2.00 bits per heavy atom. The lowest BCUT2D eigenvalue weighted by Crippen LogP contribution is -2.03. The van der Waals surface area contributed by atoms with Crippen molar-refractivity contribution in [2.24, 2.45) is 0 Å². The summed E-state index contributed by atoms with van der Waals surface area (Å²) in [4.78, 5) is 0. The number of rotatable bonds is 2. The van der Waals surface area contributed by atoms with E-state index in [4.69, 9.17) is 0 Å². The Labute approximate surface area is 67.8 Å². The second kappa shape index (κ2) is 3.47. The molecule has 1 rings (SSSR count). The van der Waals surface area contributed by atoms with Crippen molar-refractivity contribution in [2.45, 2.75) is 13.5 Å². The van der Waals surface area contributed by atoms with Gasteiger partial charge >= 0.3 is 6.61 Å². The monoisotopic (exact) mass is 176 g/mol. The summed E-state index contributed by atoms with van der Waals surface area (Å²) >= 11 is 0. The summed E-state index contributed by atoms with van der Waals surface area (Å²) in [5.74, 6) is -0.458. The van der Waals surface area contributed by atoms with Crippen LogP contribution in [0.15, 0.2) is 18.2 Å². The summed E-state index contributed by atoms with van der Waals surface area (Å²) in [7, 11) is 0. The molecule has 1 aromatic rings. The Morgan fingerprint density at radius 3 is 2.50 bits per heavy atom. The van der Waals surface area contributed by atoms with Gasteiger partial charge in [0.2, 0.25) is 0 Å². The first kappa shape index (κ1) is 8.90. The summed E-state index contributed by atoms with van der Waals surface area (Å²) < 4.78 is 39.9. The fourth-order valence-electron chi connectivity index (χ4n) is 0.841. The molecule has 0 aliphatic heterocycles. The normalized spacial score (nSPS) is 10.4. The molecular weight excluding hydrogens is 169 g/mol. The molecule has 0 aliphatic rings. The zero-order chi connectivity index (χ0) is 9.14. The molecule has 0 aromatic heterocycles. The maximum Gasteiger partial charge on any atom is 0.387 e. The van der Waals surface area contributed by atoms with Gasteiger partial charge in [-0.15, -0.1) is 0 Å². The summed E-state index contributed by atoms with van der Waals surface area (Å²) in [6, 6.07) is 3.39. The first-order valence-corrected chi connectivity index (χ1v) is 3.30. The van der Waals surface area contributed by atoms with Gasteiger partial charge in [-0.1, -0.05) is 0 Å². The predicted octanol–water partition coefficient (Wildman–Crippen LogP) is 2.74. The van der Waals surface area contributed by atoms with Crippen molar-refractivity contribution >= 4 is 0 Å². The quantitative estimate of drug-likeness (QED) is 0.673. The van der Waals surface area contributed by atoms with E-state index in [0.717, 1.165) is 12.1 Å². The number of aryl methyl sites for hydroxylation is 1. The van der Waals surface area contributed by atoms with E-state index in [1.54, 1.807) is 0 Å². The summed E-state index contributed by atoms with van der Waals surface area (Å²) in [6.07, 6.45) is 0. The molecule has 0 amide bonds. The Hall–Kier alpha value is -1.19. The van der Waals surface area contributed by atoms with Gasteiger partial charge in [0.05, 0.1) is 0 Å². The highest BCUT2D eigenvalue weighted by molar-refractivity contribution is 5.32. The lowest BCUT2D eigenvalue weighted by Gasteiger charge is -2.06. The number of benzene rings is 1. The van der Waals surface area contributed by atoms with Crippen molar-refractivity contribution in [1.82, 2.24) is 0 Å². The van der Waals surface area contributed by atoms with E-state index >= 15 is 0 Å². The van der Waals surface area contributed by atoms with Gasteiger partial charge in [-0.25, -0.2) is 4.39 Å². The van der Waals surface area contributed by atoms with Crippen LogP contribution in [0.1, 0.15) is 5.56 Å². The van der Waals surface area contributed by atoms with Crippen molar-refractivity contribution < 1.29 is 17.9 Å². The molecule has 66 valence electrons. The summed E-state index contributed by atoms with van der Waals surface area (Å²) in [5.41, 5.74) is 0.357. The predicted molar refractivity (Wildman–Crippen MR) is 37.8 cm³/mol. The number of hydrogen-bond acceptors (Lipinski definition) is 1. The number of halogens is 3. The van der Waals surface area contributed by atoms with E-state index in [9.17, 15) is 13.2 Å². The standard InChI is InChI=1S/C8H7F3O/c1-5-4-6(9)2-3-7(5)12-8(10)11/h2-4,8H,1H3. The fraction of sp³-hybridized carbons (Fsp3) is 0.250. The average Bonchev–Trinajstić information content (AvgIpc) is 1.94. The van der Waals surface area contributed by atoms with E-state index < -0.39 is 12.4 Å². The molecule has 0 fully saturated rings. The van der Waals surface area contributed by atoms with Gasteiger partial charge in [-0.2, -0.15) is 8.78 Å². The van der Waals surface area contributed by atoms with Gasteiger partial charge in [0.15, 0.2) is 0 Å². The third-order valence-electron chi connectivity index (χ3n) is 1.35. The largest absolute Gasteiger partial charge is 0.435 e. The van der Waals surface area contributed by atoms with E-state index in [2.05, 4.69) is 4.74 Å².